The van der Waals surface area contributed by atoms with Crippen LogP contribution in [0, 0.1) is 5.92 Å². The monoisotopic (exact) mass is 230 g/mol. The maximum absolute atomic E-state index is 11.0. The summed E-state index contributed by atoms with van der Waals surface area (Å²) in [5.74, 6) is -1.11. The summed E-state index contributed by atoms with van der Waals surface area (Å²) in [5, 5.41) is 0. The molecule has 0 fully saturated rings. The number of carbonyl (C=O) groups excluding carboxylic acids is 2. The summed E-state index contributed by atoms with van der Waals surface area (Å²) >= 11 is 0. The third-order valence-electron chi connectivity index (χ3n) is 2.51. The van der Waals surface area contributed by atoms with E-state index in [0.717, 1.165) is 12.8 Å². The quantitative estimate of drug-likeness (QED) is 0.389. The lowest BCUT2D eigenvalue weighted by Gasteiger charge is -2.15. The van der Waals surface area contributed by atoms with Gasteiger partial charge in [0.1, 0.15) is 0 Å². The minimum absolute atomic E-state index is 0.526. The van der Waals surface area contributed by atoms with Gasteiger partial charge < -0.3 is 4.74 Å². The number of amides is 1. The molecule has 16 heavy (non-hydrogen) atoms. The van der Waals surface area contributed by atoms with Gasteiger partial charge in [-0.2, -0.15) is 0 Å². The van der Waals surface area contributed by atoms with Crippen molar-refractivity contribution in [3.63, 3.8) is 0 Å². The molecule has 0 aliphatic heterocycles. The second-order valence-corrected chi connectivity index (χ2v) is 3.74. The van der Waals surface area contributed by atoms with Crippen LogP contribution in [0.15, 0.2) is 0 Å². The molecular weight excluding hydrogens is 208 g/mol. The van der Waals surface area contributed by atoms with Crippen molar-refractivity contribution in [3.8, 4) is 0 Å². The smallest absolute Gasteiger partial charge is 0.397 e. The molecule has 0 saturated carbocycles. The number of esters is 1. The molecule has 5 heteroatoms. The Bertz CT molecular complexity index is 219. The summed E-state index contributed by atoms with van der Waals surface area (Å²) in [6.07, 6.45) is 4.55. The minimum atomic E-state index is -0.880. The van der Waals surface area contributed by atoms with Crippen molar-refractivity contribution < 1.29 is 14.3 Å². The van der Waals surface area contributed by atoms with Crippen LogP contribution in [-0.2, 0) is 14.3 Å². The number of carbonyl (C=O) groups is 2. The molecule has 94 valence electrons. The van der Waals surface area contributed by atoms with Gasteiger partial charge in [-0.1, -0.05) is 33.1 Å². The third-order valence-corrected chi connectivity index (χ3v) is 2.51. The fraction of sp³-hybridized carbons (Fsp3) is 0.818. The highest BCUT2D eigenvalue weighted by Crippen LogP contribution is 2.10. The van der Waals surface area contributed by atoms with Crippen LogP contribution in [0.25, 0.3) is 0 Å². The molecule has 0 aliphatic carbocycles. The Kier molecular flexibility index (Phi) is 8.52. The molecule has 1 atom stereocenters. The predicted octanol–water partition coefficient (Wildman–Crippen LogP) is 0.997. The summed E-state index contributed by atoms with van der Waals surface area (Å²) in [5.41, 5.74) is 5.07. The topological polar surface area (TPSA) is 67.4 Å². The molecule has 0 aromatic rings. The maximum atomic E-state index is 11.0. The Morgan fingerprint density at radius 3 is 2.50 bits per heavy atom. The van der Waals surface area contributed by atoms with Crippen LogP contribution >= 0.6 is 0 Å². The second-order valence-electron chi connectivity index (χ2n) is 3.74. The van der Waals surface area contributed by atoms with Crippen molar-refractivity contribution in [3.05, 3.63) is 0 Å². The molecule has 0 aromatic heterocycles. The Morgan fingerprint density at radius 1 is 1.31 bits per heavy atom. The summed E-state index contributed by atoms with van der Waals surface area (Å²) in [7, 11) is 1.18. The van der Waals surface area contributed by atoms with E-state index in [1.165, 1.54) is 20.0 Å². The van der Waals surface area contributed by atoms with Crippen LogP contribution in [0.5, 0.6) is 0 Å². The van der Waals surface area contributed by atoms with Crippen molar-refractivity contribution in [1.82, 2.24) is 10.9 Å². The number of hydrogen-bond donors (Lipinski definition) is 2. The molecule has 0 heterocycles. The molecule has 0 spiro atoms. The average Bonchev–Trinajstić information content (AvgIpc) is 2.32. The maximum Gasteiger partial charge on any atom is 0.397 e. The zero-order valence-electron chi connectivity index (χ0n) is 10.3. The molecule has 0 bridgehead atoms. The molecule has 0 saturated heterocycles. The molecule has 1 amide bonds. The van der Waals surface area contributed by atoms with E-state index in [9.17, 15) is 9.59 Å². The van der Waals surface area contributed by atoms with E-state index in [2.05, 4.69) is 29.4 Å². The van der Waals surface area contributed by atoms with Gasteiger partial charge in [0.05, 0.1) is 7.11 Å². The van der Waals surface area contributed by atoms with Crippen LogP contribution in [0.1, 0.15) is 39.5 Å². The molecule has 2 N–H and O–H groups in total. The Labute approximate surface area is 96.9 Å². The van der Waals surface area contributed by atoms with Crippen molar-refractivity contribution in [2.45, 2.75) is 39.5 Å². The van der Waals surface area contributed by atoms with Crippen LogP contribution in [0.4, 0.5) is 0 Å². The van der Waals surface area contributed by atoms with Gasteiger partial charge in [-0.3, -0.25) is 10.2 Å². The van der Waals surface area contributed by atoms with Gasteiger partial charge in [0, 0.05) is 6.54 Å². The lowest BCUT2D eigenvalue weighted by Crippen LogP contribution is -2.44. The zero-order valence-corrected chi connectivity index (χ0v) is 10.3. The van der Waals surface area contributed by atoms with E-state index >= 15 is 0 Å². The number of rotatable bonds is 7. The van der Waals surface area contributed by atoms with Crippen LogP contribution in [0.3, 0.4) is 0 Å². The Morgan fingerprint density at radius 2 is 2.00 bits per heavy atom. The summed E-state index contributed by atoms with van der Waals surface area (Å²) in [4.78, 5) is 21.8. The van der Waals surface area contributed by atoms with Gasteiger partial charge in [0.15, 0.2) is 0 Å². The van der Waals surface area contributed by atoms with Crippen molar-refractivity contribution in [2.75, 3.05) is 13.7 Å². The van der Waals surface area contributed by atoms with Crippen LogP contribution < -0.4 is 10.9 Å². The van der Waals surface area contributed by atoms with E-state index < -0.39 is 11.9 Å². The summed E-state index contributed by atoms with van der Waals surface area (Å²) in [6.45, 7) is 4.95. The third kappa shape index (κ3) is 6.40. The normalized spacial score (nSPS) is 11.9. The number of ether oxygens (including phenoxy) is 1. The molecule has 0 aliphatic rings. The van der Waals surface area contributed by atoms with Crippen molar-refractivity contribution in [1.29, 1.82) is 0 Å². The van der Waals surface area contributed by atoms with E-state index in [1.807, 2.05) is 0 Å². The van der Waals surface area contributed by atoms with Crippen LogP contribution in [0.2, 0.25) is 0 Å². The molecule has 1 unspecified atom stereocenters. The first kappa shape index (κ1) is 14.9. The lowest BCUT2D eigenvalue weighted by molar-refractivity contribution is -0.153. The van der Waals surface area contributed by atoms with Gasteiger partial charge in [-0.25, -0.2) is 10.2 Å². The highest BCUT2D eigenvalue weighted by atomic mass is 16.5. The molecular formula is C11H22N2O3. The molecule has 0 radical (unpaired) electrons. The SMILES string of the molecule is CCCCC(CC)CNNC(=O)C(=O)OC. The molecule has 5 nitrogen and oxygen atoms in total. The summed E-state index contributed by atoms with van der Waals surface area (Å²) in [6, 6.07) is 0. The van der Waals surface area contributed by atoms with Gasteiger partial charge in [0.25, 0.3) is 0 Å². The molecule has 0 aromatic carbocycles. The number of methoxy groups -OCH3 is 1. The Hall–Kier alpha value is -1.10. The lowest BCUT2D eigenvalue weighted by atomic mass is 10.00. The number of nitrogens with one attached hydrogen (secondary N) is 2. The number of unbranched alkanes of at least 4 members (excludes halogenated alkanes) is 1. The van der Waals surface area contributed by atoms with Gasteiger partial charge in [-0.05, 0) is 12.3 Å². The fourth-order valence-electron chi connectivity index (χ4n) is 1.36. The first-order chi connectivity index (χ1) is 7.65. The first-order valence-electron chi connectivity index (χ1n) is 5.76. The van der Waals surface area contributed by atoms with E-state index in [0.29, 0.717) is 12.5 Å². The second kappa shape index (κ2) is 9.15. The highest BCUT2D eigenvalue weighted by Gasteiger charge is 2.13. The van der Waals surface area contributed by atoms with Crippen molar-refractivity contribution in [2.24, 2.45) is 5.92 Å². The van der Waals surface area contributed by atoms with E-state index in [-0.39, 0.29) is 0 Å². The molecule has 0 rings (SSSR count). The minimum Gasteiger partial charge on any atom is -0.462 e. The van der Waals surface area contributed by atoms with E-state index in [4.69, 9.17) is 0 Å². The summed E-state index contributed by atoms with van der Waals surface area (Å²) < 4.78 is 4.27. The number of hydrogen-bond acceptors (Lipinski definition) is 4. The highest BCUT2D eigenvalue weighted by molar-refractivity contribution is 6.32. The predicted molar refractivity (Wildman–Crippen MR) is 61.5 cm³/mol. The van der Waals surface area contributed by atoms with Gasteiger partial charge in [-0.15, -0.1) is 0 Å². The zero-order chi connectivity index (χ0) is 12.4. The number of hydrazine groups is 1. The standard InChI is InChI=1S/C11H22N2O3/c1-4-6-7-9(5-2)8-12-13-10(14)11(15)16-3/h9,12H,4-8H2,1-3H3,(H,13,14). The van der Waals surface area contributed by atoms with Crippen LogP contribution in [-0.4, -0.2) is 25.5 Å². The largest absolute Gasteiger partial charge is 0.462 e. The van der Waals surface area contributed by atoms with Gasteiger partial charge in [0.2, 0.25) is 0 Å². The Balaban J connectivity index is 3.69. The average molecular weight is 230 g/mol. The van der Waals surface area contributed by atoms with E-state index in [1.54, 1.807) is 0 Å². The fourth-order valence-corrected chi connectivity index (χ4v) is 1.36. The van der Waals surface area contributed by atoms with Crippen molar-refractivity contribution >= 4 is 11.9 Å². The first-order valence-corrected chi connectivity index (χ1v) is 5.76. The van der Waals surface area contributed by atoms with Gasteiger partial charge >= 0.3 is 11.9 Å².